The molecule has 4 nitrogen and oxygen atoms in total. The van der Waals surface area contributed by atoms with Gasteiger partial charge in [0.2, 0.25) is 0 Å². The Morgan fingerprint density at radius 3 is 2.29 bits per heavy atom. The maximum absolute atomic E-state index is 5.89. The lowest BCUT2D eigenvalue weighted by molar-refractivity contribution is 0.291. The van der Waals surface area contributed by atoms with E-state index < -0.39 is 0 Å². The molecule has 0 saturated carbocycles. The second-order valence-corrected chi connectivity index (χ2v) is 5.55. The molecule has 1 aromatic heterocycles. The van der Waals surface area contributed by atoms with Gasteiger partial charge in [0.25, 0.3) is 0 Å². The van der Waals surface area contributed by atoms with Crippen LogP contribution >= 0.6 is 0 Å². The molecule has 0 atom stereocenters. The molecule has 2 rings (SSSR count). The average Bonchev–Trinajstić information content (AvgIpc) is 2.45. The van der Waals surface area contributed by atoms with Gasteiger partial charge in [-0.3, -0.25) is 0 Å². The second kappa shape index (κ2) is 7.18. The fraction of sp³-hybridized carbons (Fsp3) is 0.412. The van der Waals surface area contributed by atoms with Crippen LogP contribution in [-0.2, 0) is 13.2 Å². The first kappa shape index (κ1) is 15.4. The minimum atomic E-state index is 0.395. The van der Waals surface area contributed by atoms with Gasteiger partial charge in [-0.2, -0.15) is 0 Å². The van der Waals surface area contributed by atoms with E-state index in [-0.39, 0.29) is 0 Å². The number of rotatable bonds is 6. The molecule has 0 aliphatic heterocycles. The van der Waals surface area contributed by atoms with E-state index in [1.807, 2.05) is 0 Å². The van der Waals surface area contributed by atoms with Crippen LogP contribution in [0.4, 0.5) is 0 Å². The molecule has 1 heterocycles. The van der Waals surface area contributed by atoms with Gasteiger partial charge in [0, 0.05) is 25.0 Å². The molecular formula is C17H23N3O. The van der Waals surface area contributed by atoms with E-state index in [0.717, 1.165) is 23.4 Å². The van der Waals surface area contributed by atoms with Crippen LogP contribution in [0.2, 0.25) is 0 Å². The zero-order valence-electron chi connectivity index (χ0n) is 13.2. The third-order valence-electron chi connectivity index (χ3n) is 3.20. The molecule has 112 valence electrons. The van der Waals surface area contributed by atoms with E-state index in [4.69, 9.17) is 4.74 Å². The molecule has 0 amide bonds. The Labute approximate surface area is 126 Å². The molecule has 2 aromatic rings. The fourth-order valence-corrected chi connectivity index (χ4v) is 2.23. The highest BCUT2D eigenvalue weighted by molar-refractivity contribution is 5.43. The molecule has 0 unspecified atom stereocenters. The average molecular weight is 285 g/mol. The van der Waals surface area contributed by atoms with Crippen molar-refractivity contribution in [2.24, 2.45) is 0 Å². The van der Waals surface area contributed by atoms with Gasteiger partial charge < -0.3 is 10.1 Å². The normalized spacial score (nSPS) is 10.9. The van der Waals surface area contributed by atoms with Crippen molar-refractivity contribution in [3.63, 3.8) is 0 Å². The Morgan fingerprint density at radius 1 is 1.10 bits per heavy atom. The maximum atomic E-state index is 5.89. The molecule has 0 fully saturated rings. The molecular weight excluding hydrogens is 262 g/mol. The van der Waals surface area contributed by atoms with Crippen LogP contribution < -0.4 is 10.1 Å². The number of benzene rings is 1. The van der Waals surface area contributed by atoms with Crippen LogP contribution in [-0.4, -0.2) is 16.0 Å². The zero-order valence-corrected chi connectivity index (χ0v) is 13.2. The SMILES string of the molecule is Cc1cc(CNC(C)C)cc(C)c1OCc1ncccn1. The first-order chi connectivity index (χ1) is 10.1. The first-order valence-corrected chi connectivity index (χ1v) is 7.28. The van der Waals surface area contributed by atoms with E-state index >= 15 is 0 Å². The lowest BCUT2D eigenvalue weighted by Crippen LogP contribution is -2.21. The molecule has 0 aliphatic rings. The van der Waals surface area contributed by atoms with E-state index in [1.54, 1.807) is 18.5 Å². The van der Waals surface area contributed by atoms with Gasteiger partial charge in [-0.25, -0.2) is 9.97 Å². The van der Waals surface area contributed by atoms with Crippen LogP contribution in [0.25, 0.3) is 0 Å². The number of hydrogen-bond acceptors (Lipinski definition) is 4. The van der Waals surface area contributed by atoms with Gasteiger partial charge in [-0.05, 0) is 36.6 Å². The number of nitrogens with zero attached hydrogens (tertiary/aromatic N) is 2. The summed E-state index contributed by atoms with van der Waals surface area (Å²) in [5.74, 6) is 1.62. The highest BCUT2D eigenvalue weighted by Gasteiger charge is 2.08. The summed E-state index contributed by atoms with van der Waals surface area (Å²) in [6.45, 7) is 9.72. The van der Waals surface area contributed by atoms with Crippen molar-refractivity contribution in [2.45, 2.75) is 46.9 Å². The quantitative estimate of drug-likeness (QED) is 0.885. The lowest BCUT2D eigenvalue weighted by Gasteiger charge is -2.15. The summed E-state index contributed by atoms with van der Waals surface area (Å²) in [6, 6.07) is 6.63. The number of nitrogens with one attached hydrogen (secondary N) is 1. The fourth-order valence-electron chi connectivity index (χ4n) is 2.23. The minimum Gasteiger partial charge on any atom is -0.485 e. The highest BCUT2D eigenvalue weighted by Crippen LogP contribution is 2.25. The molecule has 0 spiro atoms. The predicted octanol–water partition coefficient (Wildman–Crippen LogP) is 3.17. The van der Waals surface area contributed by atoms with Gasteiger partial charge in [0.15, 0.2) is 5.82 Å². The van der Waals surface area contributed by atoms with E-state index in [9.17, 15) is 0 Å². The summed E-state index contributed by atoms with van der Waals surface area (Å²) in [5, 5.41) is 3.43. The topological polar surface area (TPSA) is 47.0 Å². The van der Waals surface area contributed by atoms with Crippen molar-refractivity contribution in [1.82, 2.24) is 15.3 Å². The number of aromatic nitrogens is 2. The highest BCUT2D eigenvalue weighted by atomic mass is 16.5. The van der Waals surface area contributed by atoms with Crippen molar-refractivity contribution in [2.75, 3.05) is 0 Å². The zero-order chi connectivity index (χ0) is 15.2. The molecule has 0 saturated heterocycles. The molecule has 1 N–H and O–H groups in total. The number of hydrogen-bond donors (Lipinski definition) is 1. The Morgan fingerprint density at radius 2 is 1.71 bits per heavy atom. The number of aryl methyl sites for hydroxylation is 2. The van der Waals surface area contributed by atoms with Gasteiger partial charge in [0.1, 0.15) is 12.4 Å². The van der Waals surface area contributed by atoms with Crippen LogP contribution in [0, 0.1) is 13.8 Å². The second-order valence-electron chi connectivity index (χ2n) is 5.55. The standard InChI is InChI=1S/C17H23N3O/c1-12(2)20-10-15-8-13(3)17(14(4)9-15)21-11-16-18-6-5-7-19-16/h5-9,12,20H,10-11H2,1-4H3. The minimum absolute atomic E-state index is 0.395. The summed E-state index contributed by atoms with van der Waals surface area (Å²) in [7, 11) is 0. The lowest BCUT2D eigenvalue weighted by atomic mass is 10.1. The Hall–Kier alpha value is -1.94. The van der Waals surface area contributed by atoms with Gasteiger partial charge in [-0.1, -0.05) is 26.0 Å². The van der Waals surface area contributed by atoms with Crippen molar-refractivity contribution in [3.8, 4) is 5.75 Å². The molecule has 0 aliphatic carbocycles. The van der Waals surface area contributed by atoms with Crippen LogP contribution in [0.15, 0.2) is 30.6 Å². The number of ether oxygens (including phenoxy) is 1. The van der Waals surface area contributed by atoms with E-state index in [1.165, 1.54) is 5.56 Å². The first-order valence-electron chi connectivity index (χ1n) is 7.28. The molecule has 1 aromatic carbocycles. The Bertz CT molecular complexity index is 559. The monoisotopic (exact) mass is 285 g/mol. The smallest absolute Gasteiger partial charge is 0.166 e. The van der Waals surface area contributed by atoms with Crippen molar-refractivity contribution in [3.05, 3.63) is 53.1 Å². The largest absolute Gasteiger partial charge is 0.485 e. The van der Waals surface area contributed by atoms with Gasteiger partial charge >= 0.3 is 0 Å². The predicted molar refractivity (Wildman–Crippen MR) is 84.3 cm³/mol. The summed E-state index contributed by atoms with van der Waals surface area (Å²) in [5.41, 5.74) is 3.57. The summed E-state index contributed by atoms with van der Waals surface area (Å²) < 4.78 is 5.89. The summed E-state index contributed by atoms with van der Waals surface area (Å²) in [4.78, 5) is 8.35. The Balaban J connectivity index is 2.06. The maximum Gasteiger partial charge on any atom is 0.166 e. The molecule has 0 bridgehead atoms. The van der Waals surface area contributed by atoms with Gasteiger partial charge in [0.05, 0.1) is 0 Å². The summed E-state index contributed by atoms with van der Waals surface area (Å²) >= 11 is 0. The molecule has 21 heavy (non-hydrogen) atoms. The van der Waals surface area contributed by atoms with Gasteiger partial charge in [-0.15, -0.1) is 0 Å². The third kappa shape index (κ3) is 4.53. The van der Waals surface area contributed by atoms with Crippen molar-refractivity contribution < 1.29 is 4.74 Å². The summed E-state index contributed by atoms with van der Waals surface area (Å²) in [6.07, 6.45) is 3.46. The van der Waals surface area contributed by atoms with E-state index in [2.05, 4.69) is 55.1 Å². The van der Waals surface area contributed by atoms with Crippen LogP contribution in [0.1, 0.15) is 36.4 Å². The van der Waals surface area contributed by atoms with E-state index in [0.29, 0.717) is 18.5 Å². The third-order valence-corrected chi connectivity index (χ3v) is 3.20. The van der Waals surface area contributed by atoms with Crippen LogP contribution in [0.3, 0.4) is 0 Å². The van der Waals surface area contributed by atoms with Crippen molar-refractivity contribution in [1.29, 1.82) is 0 Å². The van der Waals surface area contributed by atoms with Crippen LogP contribution in [0.5, 0.6) is 5.75 Å². The molecule has 0 radical (unpaired) electrons. The van der Waals surface area contributed by atoms with Crippen molar-refractivity contribution >= 4 is 0 Å². The molecule has 4 heteroatoms. The Kier molecular flexibility index (Phi) is 5.28.